The third-order valence-electron chi connectivity index (χ3n) is 4.62. The molecule has 1 atom stereocenters. The smallest absolute Gasteiger partial charge is 0.410 e. The lowest BCUT2D eigenvalue weighted by atomic mass is 10.1. The van der Waals surface area contributed by atoms with Crippen molar-refractivity contribution in [1.29, 1.82) is 0 Å². The lowest BCUT2D eigenvalue weighted by Crippen LogP contribution is -2.47. The Morgan fingerprint density at radius 1 is 0.966 bits per heavy atom. The van der Waals surface area contributed by atoms with Gasteiger partial charge in [0.15, 0.2) is 0 Å². The quantitative estimate of drug-likeness (QED) is 0.716. The Kier molecular flexibility index (Phi) is 5.73. The lowest BCUT2D eigenvalue weighted by Gasteiger charge is -2.32. The van der Waals surface area contributed by atoms with Crippen LogP contribution in [0.25, 0.3) is 0 Å². The van der Waals surface area contributed by atoms with Crippen LogP contribution in [0.5, 0.6) is 0 Å². The van der Waals surface area contributed by atoms with Crippen LogP contribution >= 0.6 is 0 Å². The van der Waals surface area contributed by atoms with Crippen molar-refractivity contribution in [3.8, 4) is 0 Å². The van der Waals surface area contributed by atoms with Gasteiger partial charge in [0, 0.05) is 13.1 Å². The van der Waals surface area contributed by atoms with E-state index in [1.165, 1.54) is 9.80 Å². The fraction of sp³-hybridized carbons (Fsp3) is 0.348. The Morgan fingerprint density at radius 3 is 2.00 bits per heavy atom. The third kappa shape index (κ3) is 4.65. The Hall–Kier alpha value is -3.15. The van der Waals surface area contributed by atoms with E-state index in [0.717, 1.165) is 5.56 Å². The maximum absolute atomic E-state index is 12.8. The largest absolute Gasteiger partial charge is 0.444 e. The van der Waals surface area contributed by atoms with Gasteiger partial charge in [-0.05, 0) is 45.4 Å². The summed E-state index contributed by atoms with van der Waals surface area (Å²) in [5, 5.41) is 0. The van der Waals surface area contributed by atoms with E-state index in [2.05, 4.69) is 0 Å². The van der Waals surface area contributed by atoms with Gasteiger partial charge in [0.1, 0.15) is 5.60 Å². The summed E-state index contributed by atoms with van der Waals surface area (Å²) in [6, 6.07) is 15.8. The van der Waals surface area contributed by atoms with Crippen LogP contribution < -0.4 is 0 Å². The summed E-state index contributed by atoms with van der Waals surface area (Å²) in [6.07, 6.45) is -0.482. The molecule has 1 heterocycles. The van der Waals surface area contributed by atoms with Gasteiger partial charge in [0.05, 0.1) is 17.2 Å². The Bertz CT molecular complexity index is 883. The van der Waals surface area contributed by atoms with E-state index in [4.69, 9.17) is 4.74 Å². The second-order valence-electron chi connectivity index (χ2n) is 8.22. The average molecular weight is 394 g/mol. The Balaban J connectivity index is 1.81. The predicted molar refractivity (Wildman–Crippen MR) is 109 cm³/mol. The molecule has 0 N–H and O–H groups in total. The molecule has 2 aromatic rings. The molecule has 0 saturated heterocycles. The van der Waals surface area contributed by atoms with Gasteiger partial charge in [0.25, 0.3) is 11.8 Å². The number of amides is 3. The molecule has 1 aliphatic heterocycles. The second kappa shape index (κ2) is 8.07. The molecule has 0 aliphatic carbocycles. The topological polar surface area (TPSA) is 66.9 Å². The molecular formula is C23H26N2O4. The zero-order chi connectivity index (χ0) is 21.2. The number of hydrogen-bond donors (Lipinski definition) is 0. The van der Waals surface area contributed by atoms with Crippen LogP contribution in [-0.2, 0) is 11.3 Å². The van der Waals surface area contributed by atoms with Gasteiger partial charge in [-0.3, -0.25) is 14.5 Å². The third-order valence-corrected chi connectivity index (χ3v) is 4.62. The maximum atomic E-state index is 12.8. The number of benzene rings is 2. The molecule has 6 heteroatoms. The van der Waals surface area contributed by atoms with Crippen LogP contribution in [-0.4, -0.2) is 45.9 Å². The molecule has 1 aliphatic rings. The molecular weight excluding hydrogens is 368 g/mol. The van der Waals surface area contributed by atoms with Crippen LogP contribution in [0, 0.1) is 0 Å². The van der Waals surface area contributed by atoms with E-state index in [9.17, 15) is 14.4 Å². The van der Waals surface area contributed by atoms with Gasteiger partial charge in [-0.1, -0.05) is 42.5 Å². The summed E-state index contributed by atoms with van der Waals surface area (Å²) in [5.74, 6) is -0.663. The van der Waals surface area contributed by atoms with E-state index < -0.39 is 17.7 Å². The van der Waals surface area contributed by atoms with Crippen molar-refractivity contribution >= 4 is 17.9 Å². The number of hydrogen-bond acceptors (Lipinski definition) is 4. The van der Waals surface area contributed by atoms with Crippen molar-refractivity contribution in [3.05, 3.63) is 71.3 Å². The monoisotopic (exact) mass is 394 g/mol. The highest BCUT2D eigenvalue weighted by Crippen LogP contribution is 2.25. The molecule has 3 rings (SSSR count). The normalized spacial score (nSPS) is 14.6. The first kappa shape index (κ1) is 20.6. The number of nitrogens with zero attached hydrogens (tertiary/aromatic N) is 2. The average Bonchev–Trinajstić information content (AvgIpc) is 2.92. The minimum absolute atomic E-state index is 0.176. The first-order valence-electron chi connectivity index (χ1n) is 9.66. The lowest BCUT2D eigenvalue weighted by molar-refractivity contribution is 0.0172. The number of imide groups is 1. The molecule has 152 valence electrons. The highest BCUT2D eigenvalue weighted by molar-refractivity contribution is 6.21. The molecule has 3 amide bonds. The number of rotatable bonds is 5. The van der Waals surface area contributed by atoms with E-state index in [1.807, 2.05) is 30.3 Å². The van der Waals surface area contributed by atoms with Gasteiger partial charge >= 0.3 is 6.09 Å². The zero-order valence-electron chi connectivity index (χ0n) is 17.2. The van der Waals surface area contributed by atoms with Crippen molar-refractivity contribution in [2.45, 2.75) is 45.9 Å². The van der Waals surface area contributed by atoms with Crippen molar-refractivity contribution in [2.24, 2.45) is 0 Å². The maximum Gasteiger partial charge on any atom is 0.410 e. The Labute approximate surface area is 171 Å². The highest BCUT2D eigenvalue weighted by atomic mass is 16.6. The first-order valence-corrected chi connectivity index (χ1v) is 9.66. The van der Waals surface area contributed by atoms with E-state index in [0.29, 0.717) is 17.7 Å². The fourth-order valence-corrected chi connectivity index (χ4v) is 3.34. The first-order chi connectivity index (χ1) is 13.7. The van der Waals surface area contributed by atoms with Crippen molar-refractivity contribution in [3.63, 3.8) is 0 Å². The van der Waals surface area contributed by atoms with Gasteiger partial charge < -0.3 is 9.64 Å². The van der Waals surface area contributed by atoms with Crippen LogP contribution in [0.15, 0.2) is 54.6 Å². The minimum Gasteiger partial charge on any atom is -0.444 e. The van der Waals surface area contributed by atoms with Crippen LogP contribution in [0.4, 0.5) is 4.79 Å². The van der Waals surface area contributed by atoms with Crippen molar-refractivity contribution < 1.29 is 19.1 Å². The molecule has 0 fully saturated rings. The van der Waals surface area contributed by atoms with E-state index >= 15 is 0 Å². The SMILES string of the molecule is CC(CN(Cc1ccccc1)C(=O)OC(C)(C)C)N1C(=O)c2ccccc2C1=O. The molecule has 29 heavy (non-hydrogen) atoms. The number of carbonyl (C=O) groups excluding carboxylic acids is 3. The molecule has 0 aromatic heterocycles. The van der Waals surface area contributed by atoms with Gasteiger partial charge in [-0.2, -0.15) is 0 Å². The van der Waals surface area contributed by atoms with Gasteiger partial charge in [-0.25, -0.2) is 4.79 Å². The highest BCUT2D eigenvalue weighted by Gasteiger charge is 2.39. The summed E-state index contributed by atoms with van der Waals surface area (Å²) in [7, 11) is 0. The fourth-order valence-electron chi connectivity index (χ4n) is 3.34. The molecule has 2 aromatic carbocycles. The predicted octanol–water partition coefficient (Wildman–Crippen LogP) is 4.11. The molecule has 0 saturated carbocycles. The molecule has 6 nitrogen and oxygen atoms in total. The minimum atomic E-state index is -0.648. The number of fused-ring (bicyclic) bond motifs is 1. The van der Waals surface area contributed by atoms with Gasteiger partial charge in [-0.15, -0.1) is 0 Å². The van der Waals surface area contributed by atoms with Crippen LogP contribution in [0.1, 0.15) is 54.0 Å². The van der Waals surface area contributed by atoms with E-state index in [1.54, 1.807) is 52.0 Å². The Morgan fingerprint density at radius 2 is 1.48 bits per heavy atom. The summed E-state index contributed by atoms with van der Waals surface area (Å²) in [5.41, 5.74) is 1.09. The van der Waals surface area contributed by atoms with E-state index in [-0.39, 0.29) is 18.4 Å². The summed E-state index contributed by atoms with van der Waals surface area (Å²) in [6.45, 7) is 7.68. The zero-order valence-corrected chi connectivity index (χ0v) is 17.2. The summed E-state index contributed by atoms with van der Waals surface area (Å²) >= 11 is 0. The molecule has 0 spiro atoms. The molecule has 0 radical (unpaired) electrons. The summed E-state index contributed by atoms with van der Waals surface area (Å²) < 4.78 is 5.55. The molecule has 1 unspecified atom stereocenters. The summed E-state index contributed by atoms with van der Waals surface area (Å²) in [4.78, 5) is 41.1. The van der Waals surface area contributed by atoms with Crippen molar-refractivity contribution in [1.82, 2.24) is 9.80 Å². The van der Waals surface area contributed by atoms with Gasteiger partial charge in [0.2, 0.25) is 0 Å². The van der Waals surface area contributed by atoms with Crippen LogP contribution in [0.3, 0.4) is 0 Å². The standard InChI is InChI=1S/C23H26N2O4/c1-16(25-20(26)18-12-8-9-13-19(18)21(25)27)14-24(22(28)29-23(2,3)4)15-17-10-6-5-7-11-17/h5-13,16H,14-15H2,1-4H3. The van der Waals surface area contributed by atoms with Crippen molar-refractivity contribution in [2.75, 3.05) is 6.54 Å². The number of ether oxygens (including phenoxy) is 1. The second-order valence-corrected chi connectivity index (χ2v) is 8.22. The molecule has 0 bridgehead atoms. The van der Waals surface area contributed by atoms with Crippen LogP contribution in [0.2, 0.25) is 0 Å². The number of carbonyl (C=O) groups is 3.